The molecule has 0 fully saturated rings. The second-order valence-corrected chi connectivity index (χ2v) is 6.37. The molecule has 2 rings (SSSR count). The standard InChI is InChI=1S/C21H26N2O4/c1-15(2)27-18-9-7-17(8-10-18)23-21(25)14-20(24)22-12-11-16-5-4-6-19(13-16)26-3/h4-10,13,15H,11-12,14H2,1-3H3,(H,22,24)(H,23,25). The van der Waals surface area contributed by atoms with E-state index in [1.54, 1.807) is 31.4 Å². The highest BCUT2D eigenvalue weighted by Gasteiger charge is 2.09. The summed E-state index contributed by atoms with van der Waals surface area (Å²) in [6.07, 6.45) is 0.538. The van der Waals surface area contributed by atoms with Gasteiger partial charge in [0.15, 0.2) is 0 Å². The predicted octanol–water partition coefficient (Wildman–Crippen LogP) is 3.17. The normalized spacial score (nSPS) is 10.4. The summed E-state index contributed by atoms with van der Waals surface area (Å²) >= 11 is 0. The first-order valence-electron chi connectivity index (χ1n) is 8.92. The van der Waals surface area contributed by atoms with Crippen molar-refractivity contribution >= 4 is 17.5 Å². The fraction of sp³-hybridized carbons (Fsp3) is 0.333. The van der Waals surface area contributed by atoms with E-state index in [4.69, 9.17) is 9.47 Å². The highest BCUT2D eigenvalue weighted by molar-refractivity contribution is 6.03. The number of methoxy groups -OCH3 is 1. The van der Waals surface area contributed by atoms with Crippen molar-refractivity contribution in [1.29, 1.82) is 0 Å². The van der Waals surface area contributed by atoms with Gasteiger partial charge in [-0.1, -0.05) is 12.1 Å². The molecular weight excluding hydrogens is 344 g/mol. The fourth-order valence-corrected chi connectivity index (χ4v) is 2.48. The lowest BCUT2D eigenvalue weighted by atomic mass is 10.1. The fourth-order valence-electron chi connectivity index (χ4n) is 2.48. The predicted molar refractivity (Wildman–Crippen MR) is 105 cm³/mol. The molecule has 6 nitrogen and oxygen atoms in total. The Morgan fingerprint density at radius 3 is 2.41 bits per heavy atom. The number of carbonyl (C=O) groups is 2. The van der Waals surface area contributed by atoms with Crippen LogP contribution in [0, 0.1) is 0 Å². The van der Waals surface area contributed by atoms with E-state index < -0.39 is 0 Å². The zero-order valence-electron chi connectivity index (χ0n) is 16.0. The summed E-state index contributed by atoms with van der Waals surface area (Å²) in [5, 5.41) is 5.46. The van der Waals surface area contributed by atoms with Crippen LogP contribution in [0.1, 0.15) is 25.8 Å². The molecule has 0 unspecified atom stereocenters. The van der Waals surface area contributed by atoms with E-state index in [0.717, 1.165) is 17.1 Å². The van der Waals surface area contributed by atoms with Crippen molar-refractivity contribution < 1.29 is 19.1 Å². The molecule has 0 spiro atoms. The third-order valence-corrected chi connectivity index (χ3v) is 3.70. The Hall–Kier alpha value is -3.02. The van der Waals surface area contributed by atoms with Crippen molar-refractivity contribution in [2.24, 2.45) is 0 Å². The Labute approximate surface area is 159 Å². The molecule has 0 radical (unpaired) electrons. The summed E-state index contributed by atoms with van der Waals surface area (Å²) in [5.74, 6) is 0.850. The Bertz CT molecular complexity index is 757. The maximum atomic E-state index is 12.0. The van der Waals surface area contributed by atoms with Gasteiger partial charge in [0.2, 0.25) is 11.8 Å². The van der Waals surface area contributed by atoms with Gasteiger partial charge in [0.25, 0.3) is 0 Å². The summed E-state index contributed by atoms with van der Waals surface area (Å²) in [5.41, 5.74) is 1.68. The third kappa shape index (κ3) is 7.40. The molecule has 27 heavy (non-hydrogen) atoms. The Morgan fingerprint density at radius 1 is 1.00 bits per heavy atom. The quantitative estimate of drug-likeness (QED) is 0.665. The van der Waals surface area contributed by atoms with Crippen molar-refractivity contribution in [3.05, 3.63) is 54.1 Å². The van der Waals surface area contributed by atoms with Crippen molar-refractivity contribution in [2.75, 3.05) is 19.0 Å². The van der Waals surface area contributed by atoms with Gasteiger partial charge >= 0.3 is 0 Å². The summed E-state index contributed by atoms with van der Waals surface area (Å²) in [7, 11) is 1.62. The van der Waals surface area contributed by atoms with Gasteiger partial charge in [0, 0.05) is 12.2 Å². The lowest BCUT2D eigenvalue weighted by Crippen LogP contribution is -2.29. The zero-order valence-corrected chi connectivity index (χ0v) is 16.0. The number of hydrogen-bond acceptors (Lipinski definition) is 4. The van der Waals surface area contributed by atoms with Crippen LogP contribution in [0.25, 0.3) is 0 Å². The van der Waals surface area contributed by atoms with Crippen LogP contribution in [-0.4, -0.2) is 31.6 Å². The number of ether oxygens (including phenoxy) is 2. The van der Waals surface area contributed by atoms with Crippen LogP contribution in [-0.2, 0) is 16.0 Å². The number of anilines is 1. The van der Waals surface area contributed by atoms with E-state index in [1.165, 1.54) is 0 Å². The number of nitrogens with one attached hydrogen (secondary N) is 2. The van der Waals surface area contributed by atoms with Crippen LogP contribution in [0.4, 0.5) is 5.69 Å². The molecule has 2 aromatic rings. The molecule has 2 aromatic carbocycles. The average Bonchev–Trinajstić information content (AvgIpc) is 2.63. The second-order valence-electron chi connectivity index (χ2n) is 6.37. The van der Waals surface area contributed by atoms with Gasteiger partial charge in [0.05, 0.1) is 13.2 Å². The minimum Gasteiger partial charge on any atom is -0.497 e. The Balaban J connectivity index is 1.72. The molecular formula is C21H26N2O4. The largest absolute Gasteiger partial charge is 0.497 e. The molecule has 2 N–H and O–H groups in total. The SMILES string of the molecule is COc1cccc(CCNC(=O)CC(=O)Nc2ccc(OC(C)C)cc2)c1. The molecule has 2 amide bonds. The lowest BCUT2D eigenvalue weighted by Gasteiger charge is -2.11. The molecule has 6 heteroatoms. The van der Waals surface area contributed by atoms with Crippen LogP contribution < -0.4 is 20.1 Å². The van der Waals surface area contributed by atoms with Crippen molar-refractivity contribution in [3.8, 4) is 11.5 Å². The van der Waals surface area contributed by atoms with E-state index in [1.807, 2.05) is 38.1 Å². The smallest absolute Gasteiger partial charge is 0.233 e. The van der Waals surface area contributed by atoms with E-state index in [2.05, 4.69) is 10.6 Å². The maximum Gasteiger partial charge on any atom is 0.233 e. The summed E-state index contributed by atoms with van der Waals surface area (Å²) in [6.45, 7) is 4.35. The molecule has 0 bridgehead atoms. The topological polar surface area (TPSA) is 76.7 Å². The average molecular weight is 370 g/mol. The third-order valence-electron chi connectivity index (χ3n) is 3.70. The van der Waals surface area contributed by atoms with Gasteiger partial charge in [-0.15, -0.1) is 0 Å². The summed E-state index contributed by atoms with van der Waals surface area (Å²) in [6, 6.07) is 14.7. The van der Waals surface area contributed by atoms with Gasteiger partial charge in [-0.3, -0.25) is 9.59 Å². The molecule has 144 valence electrons. The summed E-state index contributed by atoms with van der Waals surface area (Å²) < 4.78 is 10.7. The Morgan fingerprint density at radius 2 is 1.74 bits per heavy atom. The number of hydrogen-bond donors (Lipinski definition) is 2. The van der Waals surface area contributed by atoms with E-state index >= 15 is 0 Å². The molecule has 0 aliphatic carbocycles. The zero-order chi connectivity index (χ0) is 19.6. The highest BCUT2D eigenvalue weighted by Crippen LogP contribution is 2.17. The highest BCUT2D eigenvalue weighted by atomic mass is 16.5. The minimum atomic E-state index is -0.355. The van der Waals surface area contributed by atoms with Crippen molar-refractivity contribution in [3.63, 3.8) is 0 Å². The number of amides is 2. The minimum absolute atomic E-state index is 0.0890. The molecule has 0 aliphatic heterocycles. The van der Waals surface area contributed by atoms with Crippen LogP contribution in [0.3, 0.4) is 0 Å². The van der Waals surface area contributed by atoms with Crippen molar-refractivity contribution in [1.82, 2.24) is 5.32 Å². The monoisotopic (exact) mass is 370 g/mol. The number of benzene rings is 2. The van der Waals surface area contributed by atoms with Gasteiger partial charge < -0.3 is 20.1 Å². The van der Waals surface area contributed by atoms with Gasteiger partial charge in [0.1, 0.15) is 17.9 Å². The van der Waals surface area contributed by atoms with Gasteiger partial charge in [-0.05, 0) is 62.2 Å². The van der Waals surface area contributed by atoms with Crippen molar-refractivity contribution in [2.45, 2.75) is 32.8 Å². The lowest BCUT2D eigenvalue weighted by molar-refractivity contribution is -0.126. The molecule has 0 saturated carbocycles. The van der Waals surface area contributed by atoms with Crippen LogP contribution >= 0.6 is 0 Å². The summed E-state index contributed by atoms with van der Waals surface area (Å²) in [4.78, 5) is 23.9. The van der Waals surface area contributed by atoms with Gasteiger partial charge in [-0.2, -0.15) is 0 Å². The van der Waals surface area contributed by atoms with Crippen LogP contribution in [0.2, 0.25) is 0 Å². The second kappa shape index (κ2) is 10.2. The van der Waals surface area contributed by atoms with E-state index in [-0.39, 0.29) is 24.3 Å². The molecule has 0 saturated heterocycles. The number of carbonyl (C=O) groups excluding carboxylic acids is 2. The van der Waals surface area contributed by atoms with Crippen LogP contribution in [0.5, 0.6) is 11.5 Å². The Kier molecular flexibility index (Phi) is 7.67. The maximum absolute atomic E-state index is 12.0. The van der Waals surface area contributed by atoms with Gasteiger partial charge in [-0.25, -0.2) is 0 Å². The van der Waals surface area contributed by atoms with E-state index in [0.29, 0.717) is 18.7 Å². The van der Waals surface area contributed by atoms with E-state index in [9.17, 15) is 9.59 Å². The molecule has 0 heterocycles. The first kappa shape index (κ1) is 20.3. The molecule has 0 aromatic heterocycles. The van der Waals surface area contributed by atoms with Crippen LogP contribution in [0.15, 0.2) is 48.5 Å². The molecule has 0 atom stereocenters. The number of rotatable bonds is 9. The first-order chi connectivity index (χ1) is 13.0. The first-order valence-corrected chi connectivity index (χ1v) is 8.92. The molecule has 0 aliphatic rings.